The van der Waals surface area contributed by atoms with Gasteiger partial charge in [0.25, 0.3) is 5.69 Å². The molecule has 0 amide bonds. The quantitative estimate of drug-likeness (QED) is 0.0474. The lowest BCUT2D eigenvalue weighted by Crippen LogP contribution is -2.12. The summed E-state index contributed by atoms with van der Waals surface area (Å²) in [6.07, 6.45) is 3.51. The van der Waals surface area contributed by atoms with Gasteiger partial charge in [-0.3, -0.25) is 10.1 Å². The van der Waals surface area contributed by atoms with Crippen LogP contribution in [0.3, 0.4) is 0 Å². The number of carbonyl (C=O) groups is 1. The van der Waals surface area contributed by atoms with Gasteiger partial charge in [-0.2, -0.15) is 5.11 Å². The summed E-state index contributed by atoms with van der Waals surface area (Å²) in [5, 5.41) is 19.8. The molecule has 0 bridgehead atoms. The Balaban J connectivity index is 1.70. The van der Waals surface area contributed by atoms with Crippen molar-refractivity contribution in [3.05, 3.63) is 88.5 Å². The molecule has 0 saturated heterocycles. The maximum absolute atomic E-state index is 12.1. The first-order chi connectivity index (χ1) is 19.5. The van der Waals surface area contributed by atoms with Crippen LogP contribution < -0.4 is 9.64 Å². The number of benzene rings is 3. The fourth-order valence-corrected chi connectivity index (χ4v) is 3.22. The van der Waals surface area contributed by atoms with E-state index in [0.29, 0.717) is 16.9 Å². The van der Waals surface area contributed by atoms with Crippen molar-refractivity contribution in [3.8, 4) is 29.7 Å². The van der Waals surface area contributed by atoms with Crippen molar-refractivity contribution in [1.29, 1.82) is 0 Å². The van der Waals surface area contributed by atoms with Crippen LogP contribution >= 0.6 is 0 Å². The van der Waals surface area contributed by atoms with Gasteiger partial charge in [-0.1, -0.05) is 43.9 Å². The number of carbonyl (C=O) groups excluding carboxylic acids is 1. The van der Waals surface area contributed by atoms with E-state index in [9.17, 15) is 14.9 Å². The van der Waals surface area contributed by atoms with E-state index in [1.165, 1.54) is 18.2 Å². The number of unbranched alkanes of at least 4 members (excludes halogenated alkanes) is 2. The molecule has 0 aliphatic heterocycles. The average Bonchev–Trinajstić information content (AvgIpc) is 2.98. The Labute approximate surface area is 234 Å². The first kappa shape index (κ1) is 29.4. The SMILES string of the molecule is CCCC#CN(C#CCCC)c1ccc(N=Nc2ccc([N+](=O)[O-])cc2OCCOC(=O)c2ccccc2)cc1. The second kappa shape index (κ2) is 16.0. The van der Waals surface area contributed by atoms with Gasteiger partial charge >= 0.3 is 5.97 Å². The third-order valence-electron chi connectivity index (χ3n) is 5.25. The molecule has 0 aliphatic carbocycles. The molecule has 3 aromatic carbocycles. The third kappa shape index (κ3) is 9.30. The second-order valence-electron chi connectivity index (χ2n) is 8.39. The number of azo groups is 1. The Morgan fingerprint density at radius 2 is 1.57 bits per heavy atom. The summed E-state index contributed by atoms with van der Waals surface area (Å²) in [5.74, 6) is 5.89. The Hall–Kier alpha value is -5.15. The van der Waals surface area contributed by atoms with Gasteiger partial charge in [0.15, 0.2) is 5.75 Å². The van der Waals surface area contributed by atoms with Crippen LogP contribution in [0.15, 0.2) is 83.0 Å². The molecule has 204 valence electrons. The highest BCUT2D eigenvalue weighted by Crippen LogP contribution is 2.33. The Morgan fingerprint density at radius 3 is 2.20 bits per heavy atom. The van der Waals surface area contributed by atoms with Crippen molar-refractivity contribution in [2.75, 3.05) is 18.1 Å². The van der Waals surface area contributed by atoms with E-state index >= 15 is 0 Å². The number of esters is 1. The summed E-state index contributed by atoms with van der Waals surface area (Å²) in [6, 6.07) is 26.0. The molecule has 40 heavy (non-hydrogen) atoms. The number of ether oxygens (including phenoxy) is 2. The number of hydrogen-bond donors (Lipinski definition) is 0. The number of nitrogens with zero attached hydrogens (tertiary/aromatic N) is 4. The molecule has 9 nitrogen and oxygen atoms in total. The number of non-ortho nitro benzene ring substituents is 1. The number of nitro benzene ring substituents is 1. The summed E-state index contributed by atoms with van der Waals surface area (Å²) in [4.78, 5) is 24.6. The second-order valence-corrected chi connectivity index (χ2v) is 8.39. The van der Waals surface area contributed by atoms with Gasteiger partial charge in [-0.05, 0) is 55.3 Å². The van der Waals surface area contributed by atoms with Crippen molar-refractivity contribution < 1.29 is 19.2 Å². The molecule has 0 radical (unpaired) electrons. The van der Waals surface area contributed by atoms with Crippen LogP contribution in [0.4, 0.5) is 22.7 Å². The zero-order chi connectivity index (χ0) is 28.6. The topological polar surface area (TPSA) is 107 Å². The number of nitro groups is 1. The minimum absolute atomic E-state index is 0.0229. The molecule has 0 heterocycles. The van der Waals surface area contributed by atoms with Crippen LogP contribution in [-0.2, 0) is 4.74 Å². The minimum atomic E-state index is -0.527. The van der Waals surface area contributed by atoms with E-state index in [0.717, 1.165) is 31.4 Å². The Kier molecular flexibility index (Phi) is 11.7. The van der Waals surface area contributed by atoms with E-state index < -0.39 is 10.9 Å². The van der Waals surface area contributed by atoms with Crippen molar-refractivity contribution in [2.45, 2.75) is 39.5 Å². The van der Waals surface area contributed by atoms with Crippen LogP contribution in [0.1, 0.15) is 49.9 Å². The summed E-state index contributed by atoms with van der Waals surface area (Å²) in [7, 11) is 0. The van der Waals surface area contributed by atoms with E-state index in [4.69, 9.17) is 9.47 Å². The van der Waals surface area contributed by atoms with E-state index in [2.05, 4.69) is 48.0 Å². The van der Waals surface area contributed by atoms with E-state index in [1.54, 1.807) is 47.4 Å². The number of anilines is 1. The molecule has 0 atom stereocenters. The molecular formula is C31H30N4O5. The molecule has 0 N–H and O–H groups in total. The smallest absolute Gasteiger partial charge is 0.338 e. The minimum Gasteiger partial charge on any atom is -0.487 e. The Bertz CT molecular complexity index is 1410. The molecule has 0 aromatic heterocycles. The van der Waals surface area contributed by atoms with Gasteiger partial charge in [0.05, 0.1) is 27.9 Å². The molecule has 0 saturated carbocycles. The summed E-state index contributed by atoms with van der Waals surface area (Å²) >= 11 is 0. The third-order valence-corrected chi connectivity index (χ3v) is 5.25. The van der Waals surface area contributed by atoms with Crippen LogP contribution in [-0.4, -0.2) is 24.1 Å². The van der Waals surface area contributed by atoms with Gasteiger partial charge in [-0.25, -0.2) is 9.69 Å². The molecule has 0 fully saturated rings. The fraction of sp³-hybridized carbons (Fsp3) is 0.258. The highest BCUT2D eigenvalue weighted by atomic mass is 16.6. The standard InChI is InChI=1S/C31H30N4O5/c1-3-5-10-20-34(21-11-6-4-2)27-16-14-26(15-17-27)32-33-29-19-18-28(35(37)38)24-30(29)39-22-23-40-31(36)25-12-8-7-9-13-25/h7-9,12-19,24H,3-6,22-23H2,1-2H3. The van der Waals surface area contributed by atoms with Gasteiger partial charge in [-0.15, -0.1) is 5.11 Å². The molecule has 0 aliphatic rings. The lowest BCUT2D eigenvalue weighted by atomic mass is 10.2. The molecule has 3 rings (SSSR count). The summed E-state index contributed by atoms with van der Waals surface area (Å²) in [6.45, 7) is 4.08. The molecule has 9 heteroatoms. The molecule has 0 unspecified atom stereocenters. The van der Waals surface area contributed by atoms with Crippen molar-refractivity contribution in [2.24, 2.45) is 10.2 Å². The predicted molar refractivity (Wildman–Crippen MR) is 154 cm³/mol. The van der Waals surface area contributed by atoms with Crippen LogP contribution in [0.25, 0.3) is 0 Å². The van der Waals surface area contributed by atoms with Crippen molar-refractivity contribution >= 4 is 28.7 Å². The summed E-state index contributed by atoms with van der Waals surface area (Å²) in [5.41, 5.74) is 1.93. The monoisotopic (exact) mass is 538 g/mol. The number of rotatable bonds is 11. The van der Waals surface area contributed by atoms with Crippen molar-refractivity contribution in [1.82, 2.24) is 0 Å². The van der Waals surface area contributed by atoms with Gasteiger partial charge in [0.2, 0.25) is 0 Å². The lowest BCUT2D eigenvalue weighted by Gasteiger charge is -2.10. The molecule has 3 aromatic rings. The van der Waals surface area contributed by atoms with E-state index in [-0.39, 0.29) is 24.7 Å². The molecular weight excluding hydrogens is 508 g/mol. The van der Waals surface area contributed by atoms with Crippen molar-refractivity contribution in [3.63, 3.8) is 0 Å². The summed E-state index contributed by atoms with van der Waals surface area (Å²) < 4.78 is 10.9. The number of hydrogen-bond acceptors (Lipinski definition) is 8. The van der Waals surface area contributed by atoms with Crippen LogP contribution in [0.2, 0.25) is 0 Å². The predicted octanol–water partition coefficient (Wildman–Crippen LogP) is 7.57. The lowest BCUT2D eigenvalue weighted by molar-refractivity contribution is -0.384. The van der Waals surface area contributed by atoms with Gasteiger partial charge in [0, 0.05) is 31.0 Å². The van der Waals surface area contributed by atoms with Crippen LogP contribution in [0, 0.1) is 34.0 Å². The maximum atomic E-state index is 12.1. The molecule has 0 spiro atoms. The van der Waals surface area contributed by atoms with Gasteiger partial charge < -0.3 is 9.47 Å². The normalized spacial score (nSPS) is 10.2. The zero-order valence-corrected chi connectivity index (χ0v) is 22.5. The highest BCUT2D eigenvalue weighted by molar-refractivity contribution is 5.89. The van der Waals surface area contributed by atoms with Gasteiger partial charge in [0.1, 0.15) is 18.9 Å². The zero-order valence-electron chi connectivity index (χ0n) is 22.5. The van der Waals surface area contributed by atoms with Crippen LogP contribution in [0.5, 0.6) is 5.75 Å². The largest absolute Gasteiger partial charge is 0.487 e. The Morgan fingerprint density at radius 1 is 0.900 bits per heavy atom. The van der Waals surface area contributed by atoms with E-state index in [1.807, 2.05) is 12.1 Å². The first-order valence-electron chi connectivity index (χ1n) is 12.9. The maximum Gasteiger partial charge on any atom is 0.338 e. The first-order valence-corrected chi connectivity index (χ1v) is 12.9. The fourth-order valence-electron chi connectivity index (χ4n) is 3.22. The average molecular weight is 539 g/mol. The highest BCUT2D eigenvalue weighted by Gasteiger charge is 2.13.